The van der Waals surface area contributed by atoms with Gasteiger partial charge in [-0.3, -0.25) is 4.79 Å². The molecule has 1 amide bonds. The molecule has 21 heavy (non-hydrogen) atoms. The molecule has 6 heteroatoms. The van der Waals surface area contributed by atoms with Crippen LogP contribution in [0.15, 0.2) is 35.5 Å². The lowest BCUT2D eigenvalue weighted by Crippen LogP contribution is -2.42. The van der Waals surface area contributed by atoms with Crippen molar-refractivity contribution in [2.45, 2.75) is 12.8 Å². The van der Waals surface area contributed by atoms with Gasteiger partial charge in [-0.05, 0) is 12.0 Å². The van der Waals surface area contributed by atoms with Crippen molar-refractivity contribution >= 4 is 11.7 Å². The Morgan fingerprint density at radius 2 is 2.00 bits per heavy atom. The molecule has 0 aromatic heterocycles. The number of aryl methyl sites for hydroxylation is 1. The maximum Gasteiger partial charge on any atom is 0.263 e. The van der Waals surface area contributed by atoms with Crippen LogP contribution in [0.5, 0.6) is 0 Å². The topological polar surface area (TPSA) is 77.2 Å². The lowest BCUT2D eigenvalue weighted by Gasteiger charge is -2.26. The number of rotatable bonds is 6. The summed E-state index contributed by atoms with van der Waals surface area (Å²) in [6.45, 7) is 2.29. The van der Waals surface area contributed by atoms with Gasteiger partial charge in [0.05, 0.1) is 13.2 Å². The largest absolute Gasteiger partial charge is 0.384 e. The molecule has 0 atom stereocenters. The van der Waals surface area contributed by atoms with E-state index in [-0.39, 0.29) is 12.5 Å². The number of morpholine rings is 1. The van der Waals surface area contributed by atoms with Crippen LogP contribution in [-0.2, 0) is 20.8 Å². The van der Waals surface area contributed by atoms with Gasteiger partial charge in [0.15, 0.2) is 6.61 Å². The Morgan fingerprint density at radius 1 is 1.29 bits per heavy atom. The average Bonchev–Trinajstić information content (AvgIpc) is 2.54. The van der Waals surface area contributed by atoms with Crippen molar-refractivity contribution in [1.82, 2.24) is 4.90 Å². The fourth-order valence-electron chi connectivity index (χ4n) is 2.04. The van der Waals surface area contributed by atoms with Gasteiger partial charge in [-0.15, -0.1) is 0 Å². The van der Waals surface area contributed by atoms with Crippen molar-refractivity contribution in [2.24, 2.45) is 10.9 Å². The first-order valence-corrected chi connectivity index (χ1v) is 7.09. The van der Waals surface area contributed by atoms with E-state index in [1.165, 1.54) is 5.56 Å². The number of oxime groups is 1. The monoisotopic (exact) mass is 291 g/mol. The first-order chi connectivity index (χ1) is 10.3. The highest BCUT2D eigenvalue weighted by Gasteiger charge is 2.16. The van der Waals surface area contributed by atoms with Gasteiger partial charge in [0.2, 0.25) is 0 Å². The number of benzene rings is 1. The summed E-state index contributed by atoms with van der Waals surface area (Å²) in [4.78, 5) is 18.5. The van der Waals surface area contributed by atoms with Crippen molar-refractivity contribution in [2.75, 3.05) is 32.9 Å². The minimum absolute atomic E-state index is 0.0773. The van der Waals surface area contributed by atoms with Crippen LogP contribution in [0.4, 0.5) is 0 Å². The molecule has 0 spiro atoms. The number of amidine groups is 1. The first kappa shape index (κ1) is 15.3. The Balaban J connectivity index is 1.67. The van der Waals surface area contributed by atoms with Crippen molar-refractivity contribution in [1.29, 1.82) is 0 Å². The van der Waals surface area contributed by atoms with Crippen LogP contribution in [-0.4, -0.2) is 49.6 Å². The van der Waals surface area contributed by atoms with Gasteiger partial charge < -0.3 is 20.2 Å². The molecule has 1 aliphatic rings. The quantitative estimate of drug-likeness (QED) is 0.477. The molecule has 0 saturated carbocycles. The van der Waals surface area contributed by atoms with Gasteiger partial charge >= 0.3 is 0 Å². The molecule has 1 fully saturated rings. The van der Waals surface area contributed by atoms with E-state index in [1.807, 2.05) is 30.3 Å². The summed E-state index contributed by atoms with van der Waals surface area (Å²) in [5.41, 5.74) is 6.96. The van der Waals surface area contributed by atoms with Crippen LogP contribution < -0.4 is 5.73 Å². The van der Waals surface area contributed by atoms with E-state index in [4.69, 9.17) is 15.3 Å². The predicted octanol–water partition coefficient (Wildman–Crippen LogP) is 0.767. The second kappa shape index (κ2) is 8.26. The summed E-state index contributed by atoms with van der Waals surface area (Å²) in [5.74, 6) is 0.312. The van der Waals surface area contributed by atoms with Crippen molar-refractivity contribution < 1.29 is 14.4 Å². The summed E-state index contributed by atoms with van der Waals surface area (Å²) in [6.07, 6.45) is 1.41. The molecule has 0 aliphatic carbocycles. The highest BCUT2D eigenvalue weighted by Crippen LogP contribution is 2.02. The lowest BCUT2D eigenvalue weighted by atomic mass is 10.1. The predicted molar refractivity (Wildman–Crippen MR) is 79.7 cm³/mol. The molecule has 1 heterocycles. The number of ether oxygens (including phenoxy) is 1. The van der Waals surface area contributed by atoms with Crippen molar-refractivity contribution in [3.8, 4) is 0 Å². The highest BCUT2D eigenvalue weighted by atomic mass is 16.6. The minimum Gasteiger partial charge on any atom is -0.384 e. The average molecular weight is 291 g/mol. The van der Waals surface area contributed by atoms with Crippen LogP contribution >= 0.6 is 0 Å². The number of hydrogen-bond donors (Lipinski definition) is 1. The van der Waals surface area contributed by atoms with Gasteiger partial charge in [0, 0.05) is 19.5 Å². The Kier molecular flexibility index (Phi) is 6.02. The van der Waals surface area contributed by atoms with E-state index in [0.717, 1.165) is 6.42 Å². The van der Waals surface area contributed by atoms with E-state index < -0.39 is 0 Å². The smallest absolute Gasteiger partial charge is 0.263 e. The fourth-order valence-corrected chi connectivity index (χ4v) is 2.04. The number of amides is 1. The molecule has 1 aliphatic heterocycles. The molecule has 0 unspecified atom stereocenters. The molecular formula is C15H21N3O3. The fraction of sp³-hybridized carbons (Fsp3) is 0.467. The zero-order valence-corrected chi connectivity index (χ0v) is 12.0. The van der Waals surface area contributed by atoms with Gasteiger partial charge in [-0.1, -0.05) is 35.5 Å². The standard InChI is InChI=1S/C15H21N3O3/c16-14(7-6-13-4-2-1-3-5-13)17-21-12-15(19)18-8-10-20-11-9-18/h1-5H,6-12H2,(H2,16,17). The van der Waals surface area contributed by atoms with E-state index in [2.05, 4.69) is 5.16 Å². The summed E-state index contributed by atoms with van der Waals surface area (Å²) < 4.78 is 5.18. The van der Waals surface area contributed by atoms with E-state index in [1.54, 1.807) is 4.90 Å². The Bertz CT molecular complexity index is 470. The van der Waals surface area contributed by atoms with Crippen LogP contribution in [0.25, 0.3) is 0 Å². The van der Waals surface area contributed by atoms with E-state index in [0.29, 0.717) is 38.6 Å². The molecule has 2 N–H and O–H groups in total. The van der Waals surface area contributed by atoms with E-state index in [9.17, 15) is 4.79 Å². The number of carbonyl (C=O) groups is 1. The maximum atomic E-state index is 11.8. The molecule has 2 rings (SSSR count). The van der Waals surface area contributed by atoms with Gasteiger partial charge in [0.1, 0.15) is 5.84 Å². The maximum absolute atomic E-state index is 11.8. The Hall–Kier alpha value is -2.08. The van der Waals surface area contributed by atoms with Crippen LogP contribution in [0.1, 0.15) is 12.0 Å². The van der Waals surface area contributed by atoms with Crippen molar-refractivity contribution in [3.63, 3.8) is 0 Å². The Morgan fingerprint density at radius 3 is 2.71 bits per heavy atom. The molecule has 114 valence electrons. The number of carbonyl (C=O) groups excluding carboxylic acids is 1. The van der Waals surface area contributed by atoms with Gasteiger partial charge in [-0.2, -0.15) is 0 Å². The summed E-state index contributed by atoms with van der Waals surface area (Å²) in [7, 11) is 0. The second-order valence-corrected chi connectivity index (χ2v) is 4.83. The molecule has 6 nitrogen and oxygen atoms in total. The second-order valence-electron chi connectivity index (χ2n) is 4.83. The molecule has 0 bridgehead atoms. The summed E-state index contributed by atoms with van der Waals surface area (Å²) >= 11 is 0. The summed E-state index contributed by atoms with van der Waals surface area (Å²) in [5, 5.41) is 3.79. The van der Waals surface area contributed by atoms with Crippen LogP contribution in [0.2, 0.25) is 0 Å². The number of nitrogens with zero attached hydrogens (tertiary/aromatic N) is 2. The number of hydrogen-bond acceptors (Lipinski definition) is 4. The molecule has 1 aromatic carbocycles. The molecule has 0 radical (unpaired) electrons. The first-order valence-electron chi connectivity index (χ1n) is 7.09. The van der Waals surface area contributed by atoms with Crippen LogP contribution in [0.3, 0.4) is 0 Å². The molecule has 1 saturated heterocycles. The van der Waals surface area contributed by atoms with Crippen molar-refractivity contribution in [3.05, 3.63) is 35.9 Å². The summed E-state index contributed by atoms with van der Waals surface area (Å²) in [6, 6.07) is 10.0. The third-order valence-corrected chi connectivity index (χ3v) is 3.25. The molecular weight excluding hydrogens is 270 g/mol. The third-order valence-electron chi connectivity index (χ3n) is 3.25. The van der Waals surface area contributed by atoms with Gasteiger partial charge in [-0.25, -0.2) is 0 Å². The van der Waals surface area contributed by atoms with Crippen LogP contribution in [0, 0.1) is 0 Å². The number of nitrogens with two attached hydrogens (primary N) is 1. The normalized spacial score (nSPS) is 15.8. The Labute approximate surface area is 124 Å². The highest BCUT2D eigenvalue weighted by molar-refractivity contribution is 5.80. The third kappa shape index (κ3) is 5.43. The zero-order valence-electron chi connectivity index (χ0n) is 12.0. The SMILES string of the molecule is N/C(CCc1ccccc1)=N\OCC(=O)N1CCOCC1. The van der Waals surface area contributed by atoms with E-state index >= 15 is 0 Å². The zero-order chi connectivity index (χ0) is 14.9. The van der Waals surface area contributed by atoms with Gasteiger partial charge in [0.25, 0.3) is 5.91 Å². The molecule has 1 aromatic rings. The lowest BCUT2D eigenvalue weighted by molar-refractivity contribution is -0.140. The minimum atomic E-state index is -0.0853.